The number of hydrogen-bond acceptors (Lipinski definition) is 4. The van der Waals surface area contributed by atoms with Crippen molar-refractivity contribution in [1.29, 1.82) is 0 Å². The summed E-state index contributed by atoms with van der Waals surface area (Å²) < 4.78 is 0. The molecule has 0 aliphatic carbocycles. The summed E-state index contributed by atoms with van der Waals surface area (Å²) in [6.07, 6.45) is 0. The number of nitro groups is 1. The van der Waals surface area contributed by atoms with Gasteiger partial charge in [-0.3, -0.25) is 10.1 Å². The number of hydrogen-bond donors (Lipinski definition) is 2. The fraction of sp³-hybridized carbons (Fsp3) is 0.455. The van der Waals surface area contributed by atoms with E-state index in [-0.39, 0.29) is 11.2 Å². The van der Waals surface area contributed by atoms with Crippen molar-refractivity contribution in [3.05, 3.63) is 33.9 Å². The maximum Gasteiger partial charge on any atom is 0.269 e. The molecule has 5 nitrogen and oxygen atoms in total. The Bertz CT molecular complexity index is 397. The zero-order valence-electron chi connectivity index (χ0n) is 9.78. The molecule has 0 saturated heterocycles. The second-order valence-corrected chi connectivity index (χ2v) is 4.60. The van der Waals surface area contributed by atoms with Crippen LogP contribution < -0.4 is 11.1 Å². The van der Waals surface area contributed by atoms with Crippen LogP contribution in [0.5, 0.6) is 0 Å². The third kappa shape index (κ3) is 3.51. The van der Waals surface area contributed by atoms with Crippen molar-refractivity contribution in [2.24, 2.45) is 5.73 Å². The second-order valence-electron chi connectivity index (χ2n) is 4.60. The van der Waals surface area contributed by atoms with Crippen LogP contribution in [0.4, 0.5) is 11.4 Å². The molecule has 1 aromatic rings. The predicted molar refractivity (Wildman–Crippen MR) is 64.6 cm³/mol. The van der Waals surface area contributed by atoms with Gasteiger partial charge in [-0.05, 0) is 32.4 Å². The Hall–Kier alpha value is -1.62. The van der Waals surface area contributed by atoms with Crippen LogP contribution in [0, 0.1) is 17.0 Å². The molecule has 0 atom stereocenters. The standard InChI is InChI=1S/C11H17N3O2/c1-8-6-9(14(15)16)4-5-10(8)13-7-11(2,3)12/h4-6,13H,7,12H2,1-3H3. The fourth-order valence-corrected chi connectivity index (χ4v) is 1.28. The molecule has 0 fully saturated rings. The van der Waals surface area contributed by atoms with Crippen LogP contribution in [0.3, 0.4) is 0 Å². The lowest BCUT2D eigenvalue weighted by molar-refractivity contribution is -0.384. The first-order valence-corrected chi connectivity index (χ1v) is 5.07. The first kappa shape index (κ1) is 12.4. The van der Waals surface area contributed by atoms with Gasteiger partial charge in [-0.15, -0.1) is 0 Å². The van der Waals surface area contributed by atoms with Crippen LogP contribution in [0.25, 0.3) is 0 Å². The predicted octanol–water partition coefficient (Wildman–Crippen LogP) is 2.05. The van der Waals surface area contributed by atoms with Gasteiger partial charge in [0.05, 0.1) is 4.92 Å². The normalized spacial score (nSPS) is 11.2. The SMILES string of the molecule is Cc1cc([N+](=O)[O-])ccc1NCC(C)(C)N. The second kappa shape index (κ2) is 4.49. The van der Waals surface area contributed by atoms with E-state index in [0.29, 0.717) is 6.54 Å². The van der Waals surface area contributed by atoms with Crippen LogP contribution in [0.2, 0.25) is 0 Å². The number of nitrogens with zero attached hydrogens (tertiary/aromatic N) is 1. The van der Waals surface area contributed by atoms with Crippen molar-refractivity contribution in [3.63, 3.8) is 0 Å². The number of nitrogens with two attached hydrogens (primary N) is 1. The van der Waals surface area contributed by atoms with Gasteiger partial charge < -0.3 is 11.1 Å². The molecular weight excluding hydrogens is 206 g/mol. The Morgan fingerprint density at radius 3 is 2.56 bits per heavy atom. The maximum absolute atomic E-state index is 10.5. The van der Waals surface area contributed by atoms with Crippen LogP contribution in [-0.4, -0.2) is 17.0 Å². The largest absolute Gasteiger partial charge is 0.383 e. The van der Waals surface area contributed by atoms with Gasteiger partial charge in [-0.25, -0.2) is 0 Å². The highest BCUT2D eigenvalue weighted by Gasteiger charge is 2.12. The minimum absolute atomic E-state index is 0.107. The highest BCUT2D eigenvalue weighted by atomic mass is 16.6. The zero-order valence-corrected chi connectivity index (χ0v) is 9.78. The van der Waals surface area contributed by atoms with Gasteiger partial charge in [-0.1, -0.05) is 0 Å². The maximum atomic E-state index is 10.5. The zero-order chi connectivity index (χ0) is 12.3. The van der Waals surface area contributed by atoms with Gasteiger partial charge in [-0.2, -0.15) is 0 Å². The smallest absolute Gasteiger partial charge is 0.269 e. The fourth-order valence-electron chi connectivity index (χ4n) is 1.28. The van der Waals surface area contributed by atoms with Gasteiger partial charge in [0.15, 0.2) is 0 Å². The van der Waals surface area contributed by atoms with Crippen molar-refractivity contribution < 1.29 is 4.92 Å². The van der Waals surface area contributed by atoms with Crippen LogP contribution in [0.15, 0.2) is 18.2 Å². The Kier molecular flexibility index (Phi) is 3.49. The highest BCUT2D eigenvalue weighted by Crippen LogP contribution is 2.21. The molecule has 1 rings (SSSR count). The van der Waals surface area contributed by atoms with Crippen LogP contribution in [0.1, 0.15) is 19.4 Å². The topological polar surface area (TPSA) is 81.2 Å². The monoisotopic (exact) mass is 223 g/mol. The van der Waals surface area contributed by atoms with Crippen molar-refractivity contribution in [1.82, 2.24) is 0 Å². The summed E-state index contributed by atoms with van der Waals surface area (Å²) in [7, 11) is 0. The molecule has 0 aromatic heterocycles. The average Bonchev–Trinajstić information content (AvgIpc) is 2.14. The number of non-ortho nitro benzene ring substituents is 1. The van der Waals surface area contributed by atoms with Crippen LogP contribution >= 0.6 is 0 Å². The molecule has 16 heavy (non-hydrogen) atoms. The first-order chi connectivity index (χ1) is 7.29. The van der Waals surface area contributed by atoms with Crippen molar-refractivity contribution in [2.75, 3.05) is 11.9 Å². The Morgan fingerprint density at radius 1 is 1.50 bits per heavy atom. The third-order valence-electron chi connectivity index (χ3n) is 2.16. The van der Waals surface area contributed by atoms with Gasteiger partial charge in [0, 0.05) is 29.9 Å². The van der Waals surface area contributed by atoms with E-state index < -0.39 is 4.92 Å². The number of benzene rings is 1. The lowest BCUT2D eigenvalue weighted by Gasteiger charge is -2.20. The summed E-state index contributed by atoms with van der Waals surface area (Å²) in [6.45, 7) is 6.28. The molecular formula is C11H17N3O2. The van der Waals surface area contributed by atoms with Crippen molar-refractivity contribution >= 4 is 11.4 Å². The Balaban J connectivity index is 2.80. The van der Waals surface area contributed by atoms with E-state index in [4.69, 9.17) is 5.73 Å². The number of nitro benzene ring substituents is 1. The van der Waals surface area contributed by atoms with Crippen molar-refractivity contribution in [2.45, 2.75) is 26.3 Å². The number of anilines is 1. The van der Waals surface area contributed by atoms with E-state index in [1.807, 2.05) is 20.8 Å². The van der Waals surface area contributed by atoms with E-state index in [9.17, 15) is 10.1 Å². The van der Waals surface area contributed by atoms with Gasteiger partial charge >= 0.3 is 0 Å². The summed E-state index contributed by atoms with van der Waals surface area (Å²) in [5, 5.41) is 13.7. The molecule has 0 heterocycles. The quantitative estimate of drug-likeness (QED) is 0.604. The molecule has 3 N–H and O–H groups in total. The number of nitrogens with one attached hydrogen (secondary N) is 1. The van der Waals surface area contributed by atoms with Gasteiger partial charge in [0.25, 0.3) is 5.69 Å². The van der Waals surface area contributed by atoms with Crippen LogP contribution in [-0.2, 0) is 0 Å². The third-order valence-corrected chi connectivity index (χ3v) is 2.16. The molecule has 0 radical (unpaired) electrons. The molecule has 5 heteroatoms. The van der Waals surface area contributed by atoms with Gasteiger partial charge in [0.1, 0.15) is 0 Å². The molecule has 88 valence electrons. The number of rotatable bonds is 4. The first-order valence-electron chi connectivity index (χ1n) is 5.07. The highest BCUT2D eigenvalue weighted by molar-refractivity contribution is 5.55. The van der Waals surface area contributed by atoms with E-state index >= 15 is 0 Å². The summed E-state index contributed by atoms with van der Waals surface area (Å²) in [5.41, 5.74) is 7.36. The van der Waals surface area contributed by atoms with E-state index in [0.717, 1.165) is 11.3 Å². The molecule has 0 aliphatic heterocycles. The van der Waals surface area contributed by atoms with E-state index in [1.165, 1.54) is 6.07 Å². The molecule has 0 amide bonds. The molecule has 0 bridgehead atoms. The summed E-state index contributed by atoms with van der Waals surface area (Å²) in [4.78, 5) is 10.1. The van der Waals surface area contributed by atoms with Crippen molar-refractivity contribution in [3.8, 4) is 0 Å². The minimum Gasteiger partial charge on any atom is -0.383 e. The molecule has 0 saturated carbocycles. The molecule has 0 aliphatic rings. The number of aryl methyl sites for hydroxylation is 1. The van der Waals surface area contributed by atoms with Gasteiger partial charge in [0.2, 0.25) is 0 Å². The summed E-state index contributed by atoms with van der Waals surface area (Å²) in [6, 6.07) is 4.74. The average molecular weight is 223 g/mol. The molecule has 0 spiro atoms. The minimum atomic E-state index is -0.399. The summed E-state index contributed by atoms with van der Waals surface area (Å²) in [5.74, 6) is 0. The molecule has 1 aromatic carbocycles. The summed E-state index contributed by atoms with van der Waals surface area (Å²) >= 11 is 0. The lowest BCUT2D eigenvalue weighted by atomic mass is 10.1. The Labute approximate surface area is 94.8 Å². The Morgan fingerprint density at radius 2 is 2.12 bits per heavy atom. The molecule has 0 unspecified atom stereocenters. The van der Waals surface area contributed by atoms with E-state index in [1.54, 1.807) is 12.1 Å². The van der Waals surface area contributed by atoms with E-state index in [2.05, 4.69) is 5.32 Å². The lowest BCUT2D eigenvalue weighted by Crippen LogP contribution is -2.39.